The van der Waals surface area contributed by atoms with E-state index in [0.29, 0.717) is 17.3 Å². The summed E-state index contributed by atoms with van der Waals surface area (Å²) in [6.45, 7) is 7.61. The molecule has 0 aliphatic carbocycles. The average molecular weight is 475 g/mol. The third-order valence-corrected chi connectivity index (χ3v) is 6.52. The van der Waals surface area contributed by atoms with Crippen LogP contribution in [0.25, 0.3) is 5.00 Å². The molecule has 0 aliphatic heterocycles. The van der Waals surface area contributed by atoms with Crippen LogP contribution in [0.5, 0.6) is 0 Å². The maximum atomic E-state index is 12.0. The van der Waals surface area contributed by atoms with Gasteiger partial charge < -0.3 is 9.84 Å². The summed E-state index contributed by atoms with van der Waals surface area (Å²) in [7, 11) is 1.78. The van der Waals surface area contributed by atoms with Crippen molar-refractivity contribution in [3.63, 3.8) is 0 Å². The molecule has 1 N–H and O–H groups in total. The first-order chi connectivity index (χ1) is 15.2. The summed E-state index contributed by atoms with van der Waals surface area (Å²) >= 11 is 7.73. The SMILES string of the molecule is CN=C(c1ccc(Cl)cc1)c1c(-n2c(C)nnc2CCC(=O)OCC(C)O)sc(C)c1C. The summed E-state index contributed by atoms with van der Waals surface area (Å²) in [6.07, 6.45) is -0.173. The molecule has 1 aromatic carbocycles. The standard InChI is InChI=1S/C23H27ClN4O3S/c1-13(29)12-31-20(30)11-10-19-27-26-16(4)28(19)23-21(14(2)15(3)32-23)22(25-5)17-6-8-18(24)9-7-17/h6-9,13,29H,10-12H2,1-5H3. The maximum absolute atomic E-state index is 12.0. The molecule has 9 heteroatoms. The van der Waals surface area contributed by atoms with Gasteiger partial charge in [-0.15, -0.1) is 21.5 Å². The van der Waals surface area contributed by atoms with Gasteiger partial charge in [-0.3, -0.25) is 14.4 Å². The lowest BCUT2D eigenvalue weighted by Crippen LogP contribution is -2.16. The van der Waals surface area contributed by atoms with Gasteiger partial charge in [-0.05, 0) is 45.4 Å². The summed E-state index contributed by atoms with van der Waals surface area (Å²) in [6, 6.07) is 7.62. The van der Waals surface area contributed by atoms with Crippen LogP contribution in [0.3, 0.4) is 0 Å². The topological polar surface area (TPSA) is 89.6 Å². The van der Waals surface area contributed by atoms with Gasteiger partial charge in [-0.2, -0.15) is 0 Å². The third-order valence-electron chi connectivity index (χ3n) is 5.08. The number of benzene rings is 1. The number of aliphatic hydroxyl groups is 1. The first-order valence-corrected chi connectivity index (χ1v) is 11.5. The van der Waals surface area contributed by atoms with Gasteiger partial charge in [0.15, 0.2) is 0 Å². The van der Waals surface area contributed by atoms with Crippen molar-refractivity contribution in [2.24, 2.45) is 4.99 Å². The van der Waals surface area contributed by atoms with Gasteiger partial charge in [0.2, 0.25) is 0 Å². The fourth-order valence-electron chi connectivity index (χ4n) is 3.37. The predicted octanol–water partition coefficient (Wildman–Crippen LogP) is 4.23. The number of hydrogen-bond donors (Lipinski definition) is 1. The Labute approximate surface area is 196 Å². The molecule has 2 heterocycles. The number of aryl methyl sites for hydroxylation is 3. The van der Waals surface area contributed by atoms with Crippen molar-refractivity contribution >= 4 is 34.6 Å². The number of carbonyl (C=O) groups excluding carboxylic acids is 1. The summed E-state index contributed by atoms with van der Waals surface area (Å²) in [4.78, 5) is 17.8. The summed E-state index contributed by atoms with van der Waals surface area (Å²) in [5, 5.41) is 19.5. The number of esters is 1. The van der Waals surface area contributed by atoms with Crippen LogP contribution >= 0.6 is 22.9 Å². The minimum Gasteiger partial charge on any atom is -0.463 e. The Hall–Kier alpha value is -2.55. The summed E-state index contributed by atoms with van der Waals surface area (Å²) in [5.74, 6) is 1.02. The molecule has 0 fully saturated rings. The van der Waals surface area contributed by atoms with E-state index in [4.69, 9.17) is 16.3 Å². The number of aliphatic imine (C=N–C) groups is 1. The average Bonchev–Trinajstić information content (AvgIpc) is 3.26. The van der Waals surface area contributed by atoms with E-state index in [1.807, 2.05) is 35.8 Å². The summed E-state index contributed by atoms with van der Waals surface area (Å²) < 4.78 is 7.06. The fourth-order valence-corrected chi connectivity index (χ4v) is 4.72. The van der Waals surface area contributed by atoms with E-state index in [1.165, 1.54) is 4.88 Å². The van der Waals surface area contributed by atoms with E-state index >= 15 is 0 Å². The lowest BCUT2D eigenvalue weighted by molar-refractivity contribution is -0.146. The molecule has 1 atom stereocenters. The molecule has 0 radical (unpaired) electrons. The van der Waals surface area contributed by atoms with Gasteiger partial charge in [-0.1, -0.05) is 23.7 Å². The molecule has 0 bridgehead atoms. The van der Waals surface area contributed by atoms with Crippen LogP contribution in [0.15, 0.2) is 29.3 Å². The van der Waals surface area contributed by atoms with E-state index in [2.05, 4.69) is 29.0 Å². The van der Waals surface area contributed by atoms with E-state index < -0.39 is 6.10 Å². The third kappa shape index (κ3) is 5.26. The van der Waals surface area contributed by atoms with Crippen LogP contribution in [-0.2, 0) is 16.0 Å². The van der Waals surface area contributed by atoms with Gasteiger partial charge in [0.25, 0.3) is 0 Å². The van der Waals surface area contributed by atoms with Crippen molar-refractivity contribution in [2.75, 3.05) is 13.7 Å². The number of thiophene rings is 1. The Morgan fingerprint density at radius 3 is 2.56 bits per heavy atom. The smallest absolute Gasteiger partial charge is 0.306 e. The lowest BCUT2D eigenvalue weighted by atomic mass is 10.00. The number of nitrogens with zero attached hydrogens (tertiary/aromatic N) is 4. The highest BCUT2D eigenvalue weighted by molar-refractivity contribution is 7.15. The van der Waals surface area contributed by atoms with E-state index in [0.717, 1.165) is 33.2 Å². The van der Waals surface area contributed by atoms with Gasteiger partial charge in [0, 0.05) is 34.5 Å². The quantitative estimate of drug-likeness (QED) is 0.389. The molecule has 3 rings (SSSR count). The molecule has 2 aromatic heterocycles. The molecule has 0 saturated heterocycles. The van der Waals surface area contributed by atoms with Crippen LogP contribution in [0.4, 0.5) is 0 Å². The molecule has 3 aromatic rings. The van der Waals surface area contributed by atoms with Gasteiger partial charge in [0.05, 0.1) is 18.2 Å². The molecule has 0 spiro atoms. The highest BCUT2D eigenvalue weighted by atomic mass is 35.5. The molecule has 0 aliphatic rings. The van der Waals surface area contributed by atoms with E-state index in [9.17, 15) is 9.90 Å². The van der Waals surface area contributed by atoms with Crippen LogP contribution in [0, 0.1) is 20.8 Å². The number of aromatic nitrogens is 3. The number of rotatable bonds is 8. The van der Waals surface area contributed by atoms with Crippen LogP contribution < -0.4 is 0 Å². The van der Waals surface area contributed by atoms with Gasteiger partial charge in [-0.25, -0.2) is 0 Å². The first kappa shape index (κ1) is 24.1. The Kier molecular flexibility index (Phi) is 7.82. The zero-order chi connectivity index (χ0) is 23.4. The Morgan fingerprint density at radius 1 is 1.25 bits per heavy atom. The van der Waals surface area contributed by atoms with E-state index in [1.54, 1.807) is 25.3 Å². The Bertz CT molecular complexity index is 1130. The molecule has 7 nitrogen and oxygen atoms in total. The second kappa shape index (κ2) is 10.4. The van der Waals surface area contributed by atoms with Crippen molar-refractivity contribution in [1.82, 2.24) is 14.8 Å². The highest BCUT2D eigenvalue weighted by Gasteiger charge is 2.24. The zero-order valence-corrected chi connectivity index (χ0v) is 20.4. The number of ether oxygens (including phenoxy) is 1. The first-order valence-electron chi connectivity index (χ1n) is 10.3. The van der Waals surface area contributed by atoms with Gasteiger partial charge in [0.1, 0.15) is 23.3 Å². The normalized spacial score (nSPS) is 12.8. The number of aliphatic hydroxyl groups excluding tert-OH is 1. The fraction of sp³-hybridized carbons (Fsp3) is 0.391. The van der Waals surface area contributed by atoms with Crippen LogP contribution in [0.1, 0.15) is 46.6 Å². The van der Waals surface area contributed by atoms with Crippen molar-refractivity contribution < 1.29 is 14.6 Å². The Balaban J connectivity index is 1.99. The molecule has 1 unspecified atom stereocenters. The minimum atomic E-state index is -0.691. The molecule has 0 saturated carbocycles. The second-order valence-electron chi connectivity index (χ2n) is 7.57. The predicted molar refractivity (Wildman–Crippen MR) is 127 cm³/mol. The van der Waals surface area contributed by atoms with E-state index in [-0.39, 0.29) is 19.0 Å². The van der Waals surface area contributed by atoms with Crippen molar-refractivity contribution in [1.29, 1.82) is 0 Å². The molecule has 32 heavy (non-hydrogen) atoms. The van der Waals surface area contributed by atoms with Gasteiger partial charge >= 0.3 is 5.97 Å². The monoisotopic (exact) mass is 474 g/mol. The highest BCUT2D eigenvalue weighted by Crippen LogP contribution is 2.34. The largest absolute Gasteiger partial charge is 0.463 e. The lowest BCUT2D eigenvalue weighted by Gasteiger charge is -2.13. The minimum absolute atomic E-state index is 0.0184. The number of hydrogen-bond acceptors (Lipinski definition) is 7. The maximum Gasteiger partial charge on any atom is 0.306 e. The molecular formula is C23H27ClN4O3S. The van der Waals surface area contributed by atoms with Crippen molar-refractivity contribution in [2.45, 2.75) is 46.6 Å². The molecule has 170 valence electrons. The number of halogens is 1. The van der Waals surface area contributed by atoms with Crippen LogP contribution in [-0.4, -0.2) is 51.3 Å². The molecular weight excluding hydrogens is 448 g/mol. The second-order valence-corrected chi connectivity index (χ2v) is 9.21. The summed E-state index contributed by atoms with van der Waals surface area (Å²) in [5.41, 5.74) is 3.97. The zero-order valence-electron chi connectivity index (χ0n) is 18.8. The Morgan fingerprint density at radius 2 is 1.94 bits per heavy atom. The van der Waals surface area contributed by atoms with Crippen molar-refractivity contribution in [3.8, 4) is 5.00 Å². The number of carbonyl (C=O) groups is 1. The van der Waals surface area contributed by atoms with Crippen molar-refractivity contribution in [3.05, 3.63) is 62.5 Å². The molecule has 0 amide bonds. The van der Waals surface area contributed by atoms with Crippen LogP contribution in [0.2, 0.25) is 5.02 Å².